The number of hydrogen-bond acceptors (Lipinski definition) is 6. The lowest BCUT2D eigenvalue weighted by Crippen LogP contribution is -2.23. The summed E-state index contributed by atoms with van der Waals surface area (Å²) >= 11 is 1.33. The Morgan fingerprint density at radius 3 is 2.63 bits per heavy atom. The Morgan fingerprint density at radius 1 is 1.03 bits per heavy atom. The third-order valence-electron chi connectivity index (χ3n) is 4.21. The van der Waals surface area contributed by atoms with Crippen molar-refractivity contribution < 1.29 is 13.9 Å². The van der Waals surface area contributed by atoms with E-state index in [1.54, 1.807) is 30.8 Å². The summed E-state index contributed by atoms with van der Waals surface area (Å²) in [6.45, 7) is 2.33. The molecule has 2 heterocycles. The second-order valence-electron chi connectivity index (χ2n) is 6.44. The van der Waals surface area contributed by atoms with Crippen LogP contribution in [0.15, 0.2) is 93.7 Å². The standard InChI is InChI=1S/C23H19N3O3S/c1-16-8-10-17(11-9-16)29-22-23(25-13-12-24-22)30-20-7-3-2-6-19(20)21(27)26-15-18-5-4-14-28-18/h2-14H,15H2,1H3,(H,26,27). The first-order valence-corrected chi connectivity index (χ1v) is 10.1. The Bertz CT molecular complexity index is 1130. The smallest absolute Gasteiger partial charge is 0.252 e. The molecule has 0 fully saturated rings. The number of amides is 1. The van der Waals surface area contributed by atoms with E-state index in [9.17, 15) is 4.79 Å². The lowest BCUT2D eigenvalue weighted by Gasteiger charge is -2.11. The normalized spacial score (nSPS) is 10.6. The molecule has 0 radical (unpaired) electrons. The van der Waals surface area contributed by atoms with Crippen molar-refractivity contribution in [3.05, 3.63) is 96.2 Å². The van der Waals surface area contributed by atoms with Crippen molar-refractivity contribution >= 4 is 17.7 Å². The molecule has 4 aromatic rings. The number of aromatic nitrogens is 2. The van der Waals surface area contributed by atoms with E-state index in [-0.39, 0.29) is 5.91 Å². The number of carbonyl (C=O) groups excluding carboxylic acids is 1. The molecule has 0 aliphatic rings. The summed E-state index contributed by atoms with van der Waals surface area (Å²) in [6, 6.07) is 18.7. The molecule has 0 aliphatic carbocycles. The lowest BCUT2D eigenvalue weighted by atomic mass is 10.2. The van der Waals surface area contributed by atoms with Gasteiger partial charge in [-0.2, -0.15) is 0 Å². The van der Waals surface area contributed by atoms with Gasteiger partial charge in [0.1, 0.15) is 11.5 Å². The van der Waals surface area contributed by atoms with Gasteiger partial charge >= 0.3 is 0 Å². The first-order valence-electron chi connectivity index (χ1n) is 9.32. The van der Waals surface area contributed by atoms with Gasteiger partial charge in [0.25, 0.3) is 11.8 Å². The fraction of sp³-hybridized carbons (Fsp3) is 0.0870. The van der Waals surface area contributed by atoms with Gasteiger partial charge in [-0.25, -0.2) is 9.97 Å². The minimum atomic E-state index is -0.195. The number of carbonyl (C=O) groups is 1. The monoisotopic (exact) mass is 417 g/mol. The van der Waals surface area contributed by atoms with E-state index < -0.39 is 0 Å². The van der Waals surface area contributed by atoms with E-state index >= 15 is 0 Å². The molecule has 6 nitrogen and oxygen atoms in total. The molecule has 0 spiro atoms. The molecule has 2 aromatic carbocycles. The van der Waals surface area contributed by atoms with Gasteiger partial charge in [0, 0.05) is 17.3 Å². The van der Waals surface area contributed by atoms with Crippen molar-refractivity contribution in [2.45, 2.75) is 23.4 Å². The summed E-state index contributed by atoms with van der Waals surface area (Å²) in [4.78, 5) is 22.2. The SMILES string of the molecule is Cc1ccc(Oc2nccnc2Sc2ccccc2C(=O)NCc2ccco2)cc1. The van der Waals surface area contributed by atoms with Gasteiger partial charge in [0.15, 0.2) is 5.03 Å². The number of furan rings is 1. The summed E-state index contributed by atoms with van der Waals surface area (Å²) in [7, 11) is 0. The lowest BCUT2D eigenvalue weighted by molar-refractivity contribution is 0.0945. The molecule has 1 N–H and O–H groups in total. The van der Waals surface area contributed by atoms with Gasteiger partial charge in [-0.15, -0.1) is 0 Å². The van der Waals surface area contributed by atoms with E-state index in [4.69, 9.17) is 9.15 Å². The van der Waals surface area contributed by atoms with Gasteiger partial charge in [-0.05, 0) is 43.3 Å². The fourth-order valence-electron chi connectivity index (χ4n) is 2.69. The van der Waals surface area contributed by atoms with Gasteiger partial charge < -0.3 is 14.5 Å². The summed E-state index contributed by atoms with van der Waals surface area (Å²) in [5.74, 6) is 1.56. The van der Waals surface area contributed by atoms with Crippen LogP contribution in [0.2, 0.25) is 0 Å². The molecule has 4 rings (SSSR count). The van der Waals surface area contributed by atoms with Crippen molar-refractivity contribution in [2.24, 2.45) is 0 Å². The Hall–Kier alpha value is -3.58. The van der Waals surface area contributed by atoms with Crippen LogP contribution in [0.1, 0.15) is 21.7 Å². The molecule has 7 heteroatoms. The Kier molecular flexibility index (Phi) is 6.10. The van der Waals surface area contributed by atoms with Crippen LogP contribution >= 0.6 is 11.8 Å². The van der Waals surface area contributed by atoms with Gasteiger partial charge in [0.05, 0.1) is 18.4 Å². The molecule has 0 saturated heterocycles. The van der Waals surface area contributed by atoms with E-state index in [0.29, 0.717) is 34.5 Å². The van der Waals surface area contributed by atoms with E-state index in [0.717, 1.165) is 10.5 Å². The van der Waals surface area contributed by atoms with Gasteiger partial charge in [-0.1, -0.05) is 41.6 Å². The summed E-state index contributed by atoms with van der Waals surface area (Å²) in [5.41, 5.74) is 1.69. The maximum absolute atomic E-state index is 12.7. The third-order valence-corrected chi connectivity index (χ3v) is 5.26. The van der Waals surface area contributed by atoms with Crippen LogP contribution in [-0.2, 0) is 6.54 Å². The molecule has 30 heavy (non-hydrogen) atoms. The van der Waals surface area contributed by atoms with Crippen molar-refractivity contribution in [1.82, 2.24) is 15.3 Å². The number of aryl methyl sites for hydroxylation is 1. The minimum absolute atomic E-state index is 0.195. The average Bonchev–Trinajstić information content (AvgIpc) is 3.29. The number of benzene rings is 2. The van der Waals surface area contributed by atoms with E-state index in [1.165, 1.54) is 11.8 Å². The topological polar surface area (TPSA) is 77.2 Å². The zero-order chi connectivity index (χ0) is 20.8. The molecule has 0 bridgehead atoms. The van der Waals surface area contributed by atoms with Crippen LogP contribution in [-0.4, -0.2) is 15.9 Å². The summed E-state index contributed by atoms with van der Waals surface area (Å²) in [5, 5.41) is 3.45. The van der Waals surface area contributed by atoms with Gasteiger partial charge in [0.2, 0.25) is 0 Å². The molecular weight excluding hydrogens is 398 g/mol. The summed E-state index contributed by atoms with van der Waals surface area (Å²) < 4.78 is 11.2. The molecule has 0 aliphatic heterocycles. The number of ether oxygens (including phenoxy) is 1. The molecule has 0 saturated carbocycles. The van der Waals surface area contributed by atoms with Gasteiger partial charge in [-0.3, -0.25) is 4.79 Å². The van der Waals surface area contributed by atoms with Crippen LogP contribution in [0, 0.1) is 6.92 Å². The highest BCUT2D eigenvalue weighted by Crippen LogP contribution is 2.35. The van der Waals surface area contributed by atoms with Crippen molar-refractivity contribution in [2.75, 3.05) is 0 Å². The van der Waals surface area contributed by atoms with E-state index in [2.05, 4.69) is 15.3 Å². The van der Waals surface area contributed by atoms with Crippen LogP contribution in [0.25, 0.3) is 0 Å². The highest BCUT2D eigenvalue weighted by atomic mass is 32.2. The average molecular weight is 417 g/mol. The second kappa shape index (κ2) is 9.28. The predicted molar refractivity (Wildman–Crippen MR) is 114 cm³/mol. The molecule has 0 atom stereocenters. The highest BCUT2D eigenvalue weighted by molar-refractivity contribution is 7.99. The van der Waals surface area contributed by atoms with E-state index in [1.807, 2.05) is 55.5 Å². The predicted octanol–water partition coefficient (Wildman–Crippen LogP) is 5.25. The Labute approximate surface area is 178 Å². The van der Waals surface area contributed by atoms with Crippen LogP contribution < -0.4 is 10.1 Å². The van der Waals surface area contributed by atoms with Crippen LogP contribution in [0.5, 0.6) is 11.6 Å². The molecule has 1 amide bonds. The number of nitrogens with zero attached hydrogens (tertiary/aromatic N) is 2. The zero-order valence-corrected chi connectivity index (χ0v) is 17.1. The second-order valence-corrected chi connectivity index (χ2v) is 7.47. The van der Waals surface area contributed by atoms with Crippen molar-refractivity contribution in [1.29, 1.82) is 0 Å². The summed E-state index contributed by atoms with van der Waals surface area (Å²) in [6.07, 6.45) is 4.76. The largest absolute Gasteiger partial charge is 0.467 e. The third kappa shape index (κ3) is 4.87. The zero-order valence-electron chi connectivity index (χ0n) is 16.2. The highest BCUT2D eigenvalue weighted by Gasteiger charge is 2.16. The quantitative estimate of drug-likeness (QED) is 0.442. The fourth-order valence-corrected chi connectivity index (χ4v) is 3.61. The molecular formula is C23H19N3O3S. The first-order chi connectivity index (χ1) is 14.7. The maximum atomic E-state index is 12.7. The van der Waals surface area contributed by atoms with Crippen molar-refractivity contribution in [3.63, 3.8) is 0 Å². The number of hydrogen-bond donors (Lipinski definition) is 1. The Balaban J connectivity index is 1.53. The molecule has 2 aromatic heterocycles. The number of rotatable bonds is 7. The molecule has 150 valence electrons. The van der Waals surface area contributed by atoms with Crippen LogP contribution in [0.3, 0.4) is 0 Å². The Morgan fingerprint density at radius 2 is 1.83 bits per heavy atom. The first kappa shape index (κ1) is 19.7. The minimum Gasteiger partial charge on any atom is -0.467 e. The van der Waals surface area contributed by atoms with Crippen molar-refractivity contribution in [3.8, 4) is 11.6 Å². The maximum Gasteiger partial charge on any atom is 0.252 e. The molecule has 0 unspecified atom stereocenters. The van der Waals surface area contributed by atoms with Crippen LogP contribution in [0.4, 0.5) is 0 Å². The number of nitrogens with one attached hydrogen (secondary N) is 1.